The van der Waals surface area contributed by atoms with E-state index in [1.807, 2.05) is 0 Å². The van der Waals surface area contributed by atoms with Gasteiger partial charge in [-0.05, 0) is 49.8 Å². The molecule has 2 amide bonds. The molecule has 1 saturated heterocycles. The molecule has 1 aromatic carbocycles. The van der Waals surface area contributed by atoms with Crippen LogP contribution in [0, 0.1) is 0 Å². The van der Waals surface area contributed by atoms with Gasteiger partial charge in [0.15, 0.2) is 11.5 Å². The molecule has 35 heavy (non-hydrogen) atoms. The Kier molecular flexibility index (Phi) is 6.37. The first kappa shape index (κ1) is 24.4. The van der Waals surface area contributed by atoms with Crippen LogP contribution in [0.15, 0.2) is 36.4 Å². The summed E-state index contributed by atoms with van der Waals surface area (Å²) >= 11 is 0. The van der Waals surface area contributed by atoms with E-state index in [0.717, 1.165) is 0 Å². The smallest absolute Gasteiger partial charge is 0.495 e. The summed E-state index contributed by atoms with van der Waals surface area (Å²) in [5, 5.41) is 10.4. The highest BCUT2D eigenvalue weighted by Gasteiger charge is 2.43. The Bertz CT molecular complexity index is 1170. The van der Waals surface area contributed by atoms with E-state index >= 15 is 0 Å². The molecule has 2 aromatic rings. The van der Waals surface area contributed by atoms with Crippen molar-refractivity contribution in [3.05, 3.63) is 53.4 Å². The number of piperazine rings is 1. The highest BCUT2D eigenvalue weighted by atomic mass is 19.3. The Morgan fingerprint density at radius 2 is 1.74 bits per heavy atom. The van der Waals surface area contributed by atoms with Gasteiger partial charge in [0.2, 0.25) is 5.91 Å². The van der Waals surface area contributed by atoms with Crippen molar-refractivity contribution in [3.8, 4) is 17.2 Å². The second-order valence-electron chi connectivity index (χ2n) is 8.63. The molecule has 2 aliphatic heterocycles. The molecule has 4 rings (SSSR count). The number of hydrogen-bond acceptors (Lipinski definition) is 7. The molecule has 0 spiro atoms. The molecule has 0 unspecified atom stereocenters. The lowest BCUT2D eigenvalue weighted by atomic mass is 10.0. The SMILES string of the molecule is COc1ccc(C(=O)N2CCN(C(=O)/C=C/c3ccc4c(c3)OC(F)(F)O4)CC2)nc1C(C)(C)O. The normalized spacial score (nSPS) is 17.1. The number of hydrogen-bond donors (Lipinski definition) is 1. The molecule has 0 radical (unpaired) electrons. The summed E-state index contributed by atoms with van der Waals surface area (Å²) in [6.07, 6.45) is -0.859. The Morgan fingerprint density at radius 1 is 1.09 bits per heavy atom. The third-order valence-electron chi connectivity index (χ3n) is 5.60. The van der Waals surface area contributed by atoms with Crippen LogP contribution in [0.1, 0.15) is 35.6 Å². The third kappa shape index (κ3) is 5.35. The summed E-state index contributed by atoms with van der Waals surface area (Å²) in [4.78, 5) is 33.0. The molecule has 9 nitrogen and oxygen atoms in total. The Balaban J connectivity index is 1.36. The number of ether oxygens (including phenoxy) is 3. The zero-order valence-corrected chi connectivity index (χ0v) is 19.5. The number of rotatable bonds is 5. The summed E-state index contributed by atoms with van der Waals surface area (Å²) in [6.45, 7) is 4.37. The van der Waals surface area contributed by atoms with Gasteiger partial charge >= 0.3 is 6.29 Å². The Labute approximate surface area is 200 Å². The summed E-state index contributed by atoms with van der Waals surface area (Å²) in [5.41, 5.74) is -0.355. The number of halogens is 2. The topological polar surface area (TPSA) is 101 Å². The molecule has 1 aromatic heterocycles. The van der Waals surface area contributed by atoms with Crippen molar-refractivity contribution < 1.29 is 37.7 Å². The molecule has 186 valence electrons. The van der Waals surface area contributed by atoms with Crippen molar-refractivity contribution in [1.82, 2.24) is 14.8 Å². The van der Waals surface area contributed by atoms with Crippen LogP contribution >= 0.6 is 0 Å². The lowest BCUT2D eigenvalue weighted by Gasteiger charge is -2.34. The maximum absolute atomic E-state index is 13.2. The maximum atomic E-state index is 13.2. The van der Waals surface area contributed by atoms with Gasteiger partial charge in [0.05, 0.1) is 7.11 Å². The van der Waals surface area contributed by atoms with Gasteiger partial charge < -0.3 is 29.1 Å². The molecule has 0 aliphatic carbocycles. The minimum Gasteiger partial charge on any atom is -0.495 e. The van der Waals surface area contributed by atoms with Crippen molar-refractivity contribution in [1.29, 1.82) is 0 Å². The van der Waals surface area contributed by atoms with Crippen LogP contribution in [0.2, 0.25) is 0 Å². The molecule has 3 heterocycles. The zero-order chi connectivity index (χ0) is 25.4. The van der Waals surface area contributed by atoms with Crippen LogP contribution in [-0.4, -0.2) is 71.3 Å². The Hall–Kier alpha value is -3.73. The van der Waals surface area contributed by atoms with Crippen molar-refractivity contribution in [2.45, 2.75) is 25.7 Å². The Morgan fingerprint density at radius 3 is 2.40 bits per heavy atom. The number of carbonyl (C=O) groups excluding carboxylic acids is 2. The number of nitrogens with zero attached hydrogens (tertiary/aromatic N) is 3. The van der Waals surface area contributed by atoms with Crippen LogP contribution in [0.25, 0.3) is 6.08 Å². The first-order valence-corrected chi connectivity index (χ1v) is 10.9. The molecule has 11 heteroatoms. The number of fused-ring (bicyclic) bond motifs is 1. The highest BCUT2D eigenvalue weighted by Crippen LogP contribution is 2.41. The molecule has 0 saturated carbocycles. The van der Waals surface area contributed by atoms with Crippen LogP contribution in [-0.2, 0) is 10.4 Å². The lowest BCUT2D eigenvalue weighted by molar-refractivity contribution is -0.286. The van der Waals surface area contributed by atoms with Gasteiger partial charge in [-0.15, -0.1) is 8.78 Å². The largest absolute Gasteiger partial charge is 0.586 e. The van der Waals surface area contributed by atoms with Crippen LogP contribution < -0.4 is 14.2 Å². The zero-order valence-electron chi connectivity index (χ0n) is 19.5. The molecule has 0 bridgehead atoms. The fourth-order valence-electron chi connectivity index (χ4n) is 3.80. The average molecular weight is 489 g/mol. The minimum absolute atomic E-state index is 0.0692. The predicted molar refractivity (Wildman–Crippen MR) is 120 cm³/mol. The maximum Gasteiger partial charge on any atom is 0.586 e. The summed E-state index contributed by atoms with van der Waals surface area (Å²) in [7, 11) is 1.46. The first-order chi connectivity index (χ1) is 16.5. The number of alkyl halides is 2. The second kappa shape index (κ2) is 9.14. The highest BCUT2D eigenvalue weighted by molar-refractivity contribution is 5.94. The molecule has 1 N–H and O–H groups in total. The van der Waals surface area contributed by atoms with Crippen molar-refractivity contribution in [3.63, 3.8) is 0 Å². The van der Waals surface area contributed by atoms with E-state index in [1.165, 1.54) is 43.5 Å². The number of amides is 2. The lowest BCUT2D eigenvalue weighted by Crippen LogP contribution is -2.50. The van der Waals surface area contributed by atoms with Crippen molar-refractivity contribution >= 4 is 17.9 Å². The average Bonchev–Trinajstić information content (AvgIpc) is 3.14. The van der Waals surface area contributed by atoms with Gasteiger partial charge in [-0.1, -0.05) is 6.07 Å². The van der Waals surface area contributed by atoms with E-state index < -0.39 is 11.9 Å². The van der Waals surface area contributed by atoms with E-state index in [0.29, 0.717) is 37.5 Å². The van der Waals surface area contributed by atoms with E-state index in [-0.39, 0.29) is 34.7 Å². The molecular weight excluding hydrogens is 464 g/mol. The number of benzene rings is 1. The van der Waals surface area contributed by atoms with Crippen molar-refractivity contribution in [2.75, 3.05) is 33.3 Å². The number of pyridine rings is 1. The fraction of sp³-hybridized carbons (Fsp3) is 0.375. The molecular formula is C24H25F2N3O6. The molecule has 1 fully saturated rings. The quantitative estimate of drug-likeness (QED) is 0.645. The summed E-state index contributed by atoms with van der Waals surface area (Å²) < 4.78 is 40.3. The monoisotopic (exact) mass is 489 g/mol. The predicted octanol–water partition coefficient (Wildman–Crippen LogP) is 2.64. The van der Waals surface area contributed by atoms with E-state index in [2.05, 4.69) is 14.5 Å². The van der Waals surface area contributed by atoms with E-state index in [4.69, 9.17) is 4.74 Å². The first-order valence-electron chi connectivity index (χ1n) is 10.9. The standard InChI is InChI=1S/C24H25F2N3O6/c1-23(2,32)21-18(33-3)8-6-16(27-21)22(31)29-12-10-28(11-13-29)20(30)9-5-15-4-7-17-19(14-15)35-24(25,26)34-17/h4-9,14,32H,10-13H2,1-3H3/b9-5+. The van der Waals surface area contributed by atoms with Gasteiger partial charge in [0.25, 0.3) is 5.91 Å². The minimum atomic E-state index is -3.70. The number of carbonyl (C=O) groups is 2. The molecule has 2 aliphatic rings. The van der Waals surface area contributed by atoms with Gasteiger partial charge in [0.1, 0.15) is 22.7 Å². The van der Waals surface area contributed by atoms with Crippen LogP contribution in [0.4, 0.5) is 8.78 Å². The number of aliphatic hydroxyl groups is 1. The summed E-state index contributed by atoms with van der Waals surface area (Å²) in [5.74, 6) is -0.366. The van der Waals surface area contributed by atoms with Gasteiger partial charge in [-0.2, -0.15) is 0 Å². The van der Waals surface area contributed by atoms with Gasteiger partial charge in [-0.3, -0.25) is 9.59 Å². The number of aromatic nitrogens is 1. The fourth-order valence-corrected chi connectivity index (χ4v) is 3.80. The molecule has 0 atom stereocenters. The van der Waals surface area contributed by atoms with Gasteiger partial charge in [0, 0.05) is 32.3 Å². The van der Waals surface area contributed by atoms with Crippen LogP contribution in [0.5, 0.6) is 17.2 Å². The van der Waals surface area contributed by atoms with Crippen LogP contribution in [0.3, 0.4) is 0 Å². The number of methoxy groups -OCH3 is 1. The van der Waals surface area contributed by atoms with Gasteiger partial charge in [-0.25, -0.2) is 4.98 Å². The third-order valence-corrected chi connectivity index (χ3v) is 5.60. The van der Waals surface area contributed by atoms with E-state index in [1.54, 1.807) is 29.7 Å². The second-order valence-corrected chi connectivity index (χ2v) is 8.63. The summed E-state index contributed by atoms with van der Waals surface area (Å²) in [6, 6.07) is 7.38. The van der Waals surface area contributed by atoms with E-state index in [9.17, 15) is 23.5 Å². The van der Waals surface area contributed by atoms with Crippen molar-refractivity contribution in [2.24, 2.45) is 0 Å².